The number of likely N-dealkylation sites (N-methyl/N-ethyl adjacent to an activating group) is 1. The molecule has 2 aromatic carbocycles. The molecule has 122 valence electrons. The molecule has 0 aromatic heterocycles. The Morgan fingerprint density at radius 3 is 2.39 bits per heavy atom. The third kappa shape index (κ3) is 5.82. The molecule has 0 bridgehead atoms. The Kier molecular flexibility index (Phi) is 6.38. The summed E-state index contributed by atoms with van der Waals surface area (Å²) in [4.78, 5) is 0. The third-order valence-corrected chi connectivity index (χ3v) is 5.22. The van der Waals surface area contributed by atoms with Crippen molar-refractivity contribution in [2.45, 2.75) is 0 Å². The number of ether oxygens (including phenoxy) is 1. The van der Waals surface area contributed by atoms with Gasteiger partial charge in [0, 0.05) is 23.5 Å². The fourth-order valence-corrected chi connectivity index (χ4v) is 2.91. The number of nitrogens with zero attached hydrogens (tertiary/aromatic N) is 1. The molecule has 0 atom stereocenters. The molecular weight excluding hydrogens is 378 g/mol. The average Bonchev–Trinajstić information content (AvgIpc) is 2.56. The van der Waals surface area contributed by atoms with Crippen LogP contribution in [0.3, 0.4) is 0 Å². The van der Waals surface area contributed by atoms with Gasteiger partial charge in [-0.25, -0.2) is 8.42 Å². The van der Waals surface area contributed by atoms with Crippen molar-refractivity contribution in [3.8, 4) is 5.75 Å². The second kappa shape index (κ2) is 8.29. The summed E-state index contributed by atoms with van der Waals surface area (Å²) in [7, 11) is -1.92. The topological polar surface area (TPSA) is 46.6 Å². The van der Waals surface area contributed by atoms with E-state index >= 15 is 0 Å². The normalized spacial score (nSPS) is 12.0. The molecule has 0 saturated heterocycles. The number of benzene rings is 2. The first-order valence-electron chi connectivity index (χ1n) is 7.05. The van der Waals surface area contributed by atoms with Crippen molar-refractivity contribution in [3.05, 3.63) is 70.0 Å². The molecule has 0 spiro atoms. The van der Waals surface area contributed by atoms with E-state index in [9.17, 15) is 8.42 Å². The summed E-state index contributed by atoms with van der Waals surface area (Å²) in [5, 5.41) is 1.21. The van der Waals surface area contributed by atoms with Gasteiger partial charge < -0.3 is 4.74 Å². The Morgan fingerprint density at radius 2 is 1.74 bits per heavy atom. The molecule has 0 amide bonds. The van der Waals surface area contributed by atoms with E-state index in [1.54, 1.807) is 6.08 Å². The zero-order chi connectivity index (χ0) is 16.7. The van der Waals surface area contributed by atoms with Crippen LogP contribution in [-0.2, 0) is 10.0 Å². The molecule has 0 N–H and O–H groups in total. The molecule has 0 unspecified atom stereocenters. The lowest BCUT2D eigenvalue weighted by molar-refractivity contribution is 0.288. The molecule has 2 aromatic rings. The SMILES string of the molecule is CN(CCOc1ccc(Br)cc1)S(=O)(=O)/C=C/c1ccccc1. The molecular formula is C17H18BrNO3S. The van der Waals surface area contributed by atoms with Gasteiger partial charge in [0.2, 0.25) is 10.0 Å². The zero-order valence-electron chi connectivity index (χ0n) is 12.7. The Hall–Kier alpha value is -1.63. The standard InChI is InChI=1S/C17H18BrNO3S/c1-19(12-13-22-17-9-7-16(18)8-10-17)23(20,21)14-11-15-5-3-2-4-6-15/h2-11,14H,12-13H2,1H3/b14-11+. The smallest absolute Gasteiger partial charge is 0.236 e. The van der Waals surface area contributed by atoms with E-state index < -0.39 is 10.0 Å². The molecule has 4 nitrogen and oxygen atoms in total. The molecule has 0 aliphatic heterocycles. The van der Waals surface area contributed by atoms with Crippen molar-refractivity contribution in [1.29, 1.82) is 0 Å². The molecule has 6 heteroatoms. The summed E-state index contributed by atoms with van der Waals surface area (Å²) in [5.74, 6) is 0.707. The molecule has 0 aliphatic rings. The summed E-state index contributed by atoms with van der Waals surface area (Å²) in [6, 6.07) is 16.7. The number of rotatable bonds is 7. The Morgan fingerprint density at radius 1 is 1.09 bits per heavy atom. The van der Waals surface area contributed by atoms with Gasteiger partial charge in [-0.15, -0.1) is 0 Å². The van der Waals surface area contributed by atoms with E-state index in [4.69, 9.17) is 4.74 Å². The lowest BCUT2D eigenvalue weighted by Gasteiger charge is -2.15. The van der Waals surface area contributed by atoms with Crippen LogP contribution in [0.15, 0.2) is 64.5 Å². The van der Waals surface area contributed by atoms with Crippen molar-refractivity contribution >= 4 is 32.0 Å². The Balaban J connectivity index is 1.87. The summed E-state index contributed by atoms with van der Waals surface area (Å²) in [6.07, 6.45) is 1.58. The van der Waals surface area contributed by atoms with E-state index in [1.807, 2.05) is 54.6 Å². The molecule has 0 heterocycles. The number of hydrogen-bond donors (Lipinski definition) is 0. The van der Waals surface area contributed by atoms with Gasteiger partial charge in [0.05, 0.1) is 0 Å². The second-order valence-electron chi connectivity index (χ2n) is 4.88. The molecule has 0 fully saturated rings. The van der Waals surface area contributed by atoms with Crippen LogP contribution in [0, 0.1) is 0 Å². The second-order valence-corrected chi connectivity index (χ2v) is 7.72. The van der Waals surface area contributed by atoms with Crippen LogP contribution in [0.2, 0.25) is 0 Å². The van der Waals surface area contributed by atoms with Gasteiger partial charge in [-0.05, 0) is 35.9 Å². The van der Waals surface area contributed by atoms with E-state index in [0.29, 0.717) is 5.75 Å². The monoisotopic (exact) mass is 395 g/mol. The van der Waals surface area contributed by atoms with E-state index in [-0.39, 0.29) is 13.2 Å². The predicted octanol–water partition coefficient (Wildman–Crippen LogP) is 3.76. The molecule has 0 aliphatic carbocycles. The van der Waals surface area contributed by atoms with Crippen molar-refractivity contribution < 1.29 is 13.2 Å². The van der Waals surface area contributed by atoms with Gasteiger partial charge in [-0.1, -0.05) is 46.3 Å². The number of halogens is 1. The van der Waals surface area contributed by atoms with E-state index in [2.05, 4.69) is 15.9 Å². The zero-order valence-corrected chi connectivity index (χ0v) is 15.1. The van der Waals surface area contributed by atoms with Gasteiger partial charge in [-0.2, -0.15) is 4.31 Å². The largest absolute Gasteiger partial charge is 0.492 e. The fraction of sp³-hybridized carbons (Fsp3) is 0.176. The van der Waals surface area contributed by atoms with Crippen molar-refractivity contribution in [3.63, 3.8) is 0 Å². The van der Waals surface area contributed by atoms with Crippen LogP contribution in [0.4, 0.5) is 0 Å². The van der Waals surface area contributed by atoms with Gasteiger partial charge in [0.25, 0.3) is 0 Å². The first-order valence-corrected chi connectivity index (χ1v) is 9.35. The summed E-state index contributed by atoms with van der Waals surface area (Å²) >= 11 is 3.35. The maximum absolute atomic E-state index is 12.2. The molecule has 2 rings (SSSR count). The maximum Gasteiger partial charge on any atom is 0.236 e. The summed E-state index contributed by atoms with van der Waals surface area (Å²) in [6.45, 7) is 0.564. The first kappa shape index (κ1) is 17.7. The van der Waals surface area contributed by atoms with Crippen LogP contribution in [0.25, 0.3) is 6.08 Å². The van der Waals surface area contributed by atoms with Gasteiger partial charge >= 0.3 is 0 Å². The van der Waals surface area contributed by atoms with Crippen LogP contribution in [0.5, 0.6) is 5.75 Å². The molecule has 0 saturated carbocycles. The van der Waals surface area contributed by atoms with E-state index in [0.717, 1.165) is 10.0 Å². The van der Waals surface area contributed by atoms with Crippen LogP contribution in [-0.4, -0.2) is 32.9 Å². The summed E-state index contributed by atoms with van der Waals surface area (Å²) < 4.78 is 32.1. The number of sulfonamides is 1. The minimum atomic E-state index is -3.45. The van der Waals surface area contributed by atoms with Crippen molar-refractivity contribution in [1.82, 2.24) is 4.31 Å². The minimum Gasteiger partial charge on any atom is -0.492 e. The lowest BCUT2D eigenvalue weighted by atomic mass is 10.2. The summed E-state index contributed by atoms with van der Waals surface area (Å²) in [5.41, 5.74) is 0.843. The van der Waals surface area contributed by atoms with Crippen LogP contribution >= 0.6 is 15.9 Å². The highest BCUT2D eigenvalue weighted by Crippen LogP contribution is 2.16. The van der Waals surface area contributed by atoms with Crippen LogP contribution in [0.1, 0.15) is 5.56 Å². The van der Waals surface area contributed by atoms with Gasteiger partial charge in [0.15, 0.2) is 0 Å². The minimum absolute atomic E-state index is 0.275. The lowest BCUT2D eigenvalue weighted by Crippen LogP contribution is -2.29. The quantitative estimate of drug-likeness (QED) is 0.716. The highest BCUT2D eigenvalue weighted by molar-refractivity contribution is 9.10. The van der Waals surface area contributed by atoms with Crippen molar-refractivity contribution in [2.24, 2.45) is 0 Å². The predicted molar refractivity (Wildman–Crippen MR) is 96.7 cm³/mol. The maximum atomic E-state index is 12.2. The Labute approximate surface area is 145 Å². The van der Waals surface area contributed by atoms with Crippen molar-refractivity contribution in [2.75, 3.05) is 20.2 Å². The third-order valence-electron chi connectivity index (χ3n) is 3.16. The molecule has 0 radical (unpaired) electrons. The van der Waals surface area contributed by atoms with Gasteiger partial charge in [-0.3, -0.25) is 0 Å². The van der Waals surface area contributed by atoms with Gasteiger partial charge in [0.1, 0.15) is 12.4 Å². The first-order chi connectivity index (χ1) is 11.0. The fourth-order valence-electron chi connectivity index (χ4n) is 1.78. The molecule has 23 heavy (non-hydrogen) atoms. The number of hydrogen-bond acceptors (Lipinski definition) is 3. The highest BCUT2D eigenvalue weighted by atomic mass is 79.9. The van der Waals surface area contributed by atoms with Crippen LogP contribution < -0.4 is 4.74 Å². The Bertz CT molecular complexity index is 743. The highest BCUT2D eigenvalue weighted by Gasteiger charge is 2.13. The van der Waals surface area contributed by atoms with E-state index in [1.165, 1.54) is 16.8 Å². The average molecular weight is 396 g/mol.